The van der Waals surface area contributed by atoms with E-state index in [2.05, 4.69) is 4.98 Å². The molecule has 0 bridgehead atoms. The van der Waals surface area contributed by atoms with Crippen molar-refractivity contribution in [1.82, 2.24) is 9.88 Å². The summed E-state index contributed by atoms with van der Waals surface area (Å²) in [6.07, 6.45) is 2.46. The monoisotopic (exact) mass is 288 g/mol. The quantitative estimate of drug-likeness (QED) is 0.803. The minimum Gasteiger partial charge on any atom is -0.337 e. The Balaban J connectivity index is 1.93. The summed E-state index contributed by atoms with van der Waals surface area (Å²) in [5, 5.41) is 2.24. The summed E-state index contributed by atoms with van der Waals surface area (Å²) in [6, 6.07) is 9.56. The van der Waals surface area contributed by atoms with Crippen molar-refractivity contribution in [3.63, 3.8) is 0 Å². The molecule has 104 valence electrons. The van der Waals surface area contributed by atoms with Crippen molar-refractivity contribution in [3.8, 4) is 0 Å². The first-order valence-electron chi connectivity index (χ1n) is 7.03. The second kappa shape index (κ2) is 5.41. The van der Waals surface area contributed by atoms with Crippen LogP contribution >= 0.6 is 11.6 Å². The lowest BCUT2D eigenvalue weighted by atomic mass is 10.1. The molecule has 3 rings (SSSR count). The minimum absolute atomic E-state index is 0.0212. The largest absolute Gasteiger partial charge is 0.337 e. The molecule has 3 nitrogen and oxygen atoms in total. The predicted molar refractivity (Wildman–Crippen MR) is 81.1 cm³/mol. The average Bonchev–Trinajstić information content (AvgIpc) is 3.28. The van der Waals surface area contributed by atoms with Gasteiger partial charge in [0.05, 0.1) is 0 Å². The maximum atomic E-state index is 12.5. The van der Waals surface area contributed by atoms with Gasteiger partial charge in [-0.1, -0.05) is 35.9 Å². The van der Waals surface area contributed by atoms with E-state index >= 15 is 0 Å². The molecule has 0 aliphatic heterocycles. The third-order valence-corrected chi connectivity index (χ3v) is 4.05. The van der Waals surface area contributed by atoms with Crippen LogP contribution in [0.3, 0.4) is 0 Å². The Labute approximate surface area is 123 Å². The van der Waals surface area contributed by atoms with E-state index in [-0.39, 0.29) is 5.91 Å². The Morgan fingerprint density at radius 2 is 2.15 bits per heavy atom. The van der Waals surface area contributed by atoms with Gasteiger partial charge in [-0.2, -0.15) is 0 Å². The molecular weight excluding hydrogens is 272 g/mol. The molecule has 2 aromatic rings. The Kier molecular flexibility index (Phi) is 3.62. The summed E-state index contributed by atoms with van der Waals surface area (Å²) in [7, 11) is 0. The zero-order chi connectivity index (χ0) is 14.1. The van der Waals surface area contributed by atoms with Crippen LogP contribution in [-0.4, -0.2) is 28.9 Å². The number of rotatable bonds is 4. The third kappa shape index (κ3) is 2.63. The zero-order valence-electron chi connectivity index (χ0n) is 11.5. The summed E-state index contributed by atoms with van der Waals surface area (Å²) in [5.74, 6) is 0.655. The topological polar surface area (TPSA) is 33.2 Å². The maximum Gasteiger partial charge on any atom is 0.272 e. The summed E-state index contributed by atoms with van der Waals surface area (Å²) < 4.78 is 0. The maximum absolute atomic E-state index is 12.5. The van der Waals surface area contributed by atoms with Gasteiger partial charge in [-0.05, 0) is 37.1 Å². The average molecular weight is 289 g/mol. The number of amides is 1. The molecule has 1 saturated carbocycles. The highest BCUT2D eigenvalue weighted by Gasteiger charge is 2.27. The Morgan fingerprint density at radius 1 is 1.40 bits per heavy atom. The van der Waals surface area contributed by atoms with Crippen molar-refractivity contribution in [2.75, 3.05) is 13.1 Å². The summed E-state index contributed by atoms with van der Waals surface area (Å²) >= 11 is 6.19. The van der Waals surface area contributed by atoms with Crippen LogP contribution in [0.2, 0.25) is 5.15 Å². The first-order valence-corrected chi connectivity index (χ1v) is 7.41. The van der Waals surface area contributed by atoms with Gasteiger partial charge in [-0.25, -0.2) is 4.98 Å². The van der Waals surface area contributed by atoms with Crippen LogP contribution in [0.1, 0.15) is 30.3 Å². The predicted octanol–water partition coefficient (Wildman–Crippen LogP) is 3.76. The Bertz CT molecular complexity index is 652. The van der Waals surface area contributed by atoms with Crippen LogP contribution in [0.4, 0.5) is 0 Å². The van der Waals surface area contributed by atoms with Crippen molar-refractivity contribution in [3.05, 3.63) is 41.2 Å². The van der Waals surface area contributed by atoms with Crippen molar-refractivity contribution < 1.29 is 4.79 Å². The first-order chi connectivity index (χ1) is 9.69. The molecular formula is C16H17ClN2O. The molecule has 20 heavy (non-hydrogen) atoms. The van der Waals surface area contributed by atoms with Crippen molar-refractivity contribution in [2.45, 2.75) is 19.8 Å². The molecule has 0 radical (unpaired) electrons. The fourth-order valence-corrected chi connectivity index (χ4v) is 2.66. The molecule has 1 amide bonds. The number of hydrogen-bond donors (Lipinski definition) is 0. The highest BCUT2D eigenvalue weighted by atomic mass is 35.5. The molecule has 1 aromatic heterocycles. The van der Waals surface area contributed by atoms with Crippen LogP contribution in [0, 0.1) is 5.92 Å². The van der Waals surface area contributed by atoms with E-state index in [9.17, 15) is 4.79 Å². The molecule has 1 heterocycles. The van der Waals surface area contributed by atoms with Gasteiger partial charge in [-0.3, -0.25) is 4.79 Å². The van der Waals surface area contributed by atoms with Gasteiger partial charge in [0.15, 0.2) is 0 Å². The second-order valence-electron chi connectivity index (χ2n) is 5.31. The molecule has 0 saturated heterocycles. The van der Waals surface area contributed by atoms with Crippen LogP contribution in [-0.2, 0) is 0 Å². The van der Waals surface area contributed by atoms with Crippen molar-refractivity contribution in [2.24, 2.45) is 5.92 Å². The van der Waals surface area contributed by atoms with E-state index in [1.54, 1.807) is 0 Å². The standard InChI is InChI=1S/C16H17ClN2O/c1-2-19(10-11-7-8-11)16(20)14-9-12-5-3-4-6-13(12)15(17)18-14/h3-6,9,11H,2,7-8,10H2,1H3. The molecule has 1 aliphatic rings. The molecule has 0 atom stereocenters. The number of nitrogens with zero attached hydrogens (tertiary/aromatic N) is 2. The Morgan fingerprint density at radius 3 is 2.85 bits per heavy atom. The fourth-order valence-electron chi connectivity index (χ4n) is 2.40. The summed E-state index contributed by atoms with van der Waals surface area (Å²) in [4.78, 5) is 18.7. The van der Waals surface area contributed by atoms with E-state index in [1.807, 2.05) is 42.2 Å². The van der Waals surface area contributed by atoms with Gasteiger partial charge in [0.2, 0.25) is 0 Å². The van der Waals surface area contributed by atoms with Gasteiger partial charge >= 0.3 is 0 Å². The lowest BCUT2D eigenvalue weighted by Gasteiger charge is -2.20. The highest BCUT2D eigenvalue weighted by molar-refractivity contribution is 6.34. The smallest absolute Gasteiger partial charge is 0.272 e. The van der Waals surface area contributed by atoms with E-state index in [0.717, 1.165) is 17.3 Å². The number of benzene rings is 1. The Hall–Kier alpha value is -1.61. The van der Waals surface area contributed by atoms with E-state index in [4.69, 9.17) is 11.6 Å². The minimum atomic E-state index is -0.0212. The third-order valence-electron chi connectivity index (χ3n) is 3.76. The second-order valence-corrected chi connectivity index (χ2v) is 5.66. The molecule has 0 N–H and O–H groups in total. The van der Waals surface area contributed by atoms with E-state index in [0.29, 0.717) is 23.3 Å². The van der Waals surface area contributed by atoms with Gasteiger partial charge in [0.25, 0.3) is 5.91 Å². The number of pyridine rings is 1. The van der Waals surface area contributed by atoms with Gasteiger partial charge < -0.3 is 4.90 Å². The molecule has 1 fully saturated rings. The van der Waals surface area contributed by atoms with E-state index < -0.39 is 0 Å². The van der Waals surface area contributed by atoms with E-state index in [1.165, 1.54) is 12.8 Å². The molecule has 0 spiro atoms. The first kappa shape index (κ1) is 13.4. The lowest BCUT2D eigenvalue weighted by molar-refractivity contribution is 0.0751. The number of carbonyl (C=O) groups is 1. The number of halogens is 1. The van der Waals surface area contributed by atoms with Gasteiger partial charge in [-0.15, -0.1) is 0 Å². The number of hydrogen-bond acceptors (Lipinski definition) is 2. The van der Waals surface area contributed by atoms with Crippen LogP contribution < -0.4 is 0 Å². The van der Waals surface area contributed by atoms with Crippen LogP contribution in [0.15, 0.2) is 30.3 Å². The van der Waals surface area contributed by atoms with Gasteiger partial charge in [0, 0.05) is 18.5 Å². The number of fused-ring (bicyclic) bond motifs is 1. The summed E-state index contributed by atoms with van der Waals surface area (Å²) in [5.41, 5.74) is 0.441. The molecule has 1 aliphatic carbocycles. The summed E-state index contributed by atoms with van der Waals surface area (Å²) in [6.45, 7) is 3.55. The van der Waals surface area contributed by atoms with Gasteiger partial charge in [0.1, 0.15) is 10.8 Å². The normalized spacial score (nSPS) is 14.5. The van der Waals surface area contributed by atoms with Crippen molar-refractivity contribution >= 4 is 28.3 Å². The highest BCUT2D eigenvalue weighted by Crippen LogP contribution is 2.30. The molecule has 1 aromatic carbocycles. The van der Waals surface area contributed by atoms with Crippen LogP contribution in [0.25, 0.3) is 10.8 Å². The molecule has 0 unspecified atom stereocenters. The molecule has 4 heteroatoms. The SMILES string of the molecule is CCN(CC1CC1)C(=O)c1cc2ccccc2c(Cl)n1. The number of carbonyl (C=O) groups excluding carboxylic acids is 1. The number of aromatic nitrogens is 1. The fraction of sp³-hybridized carbons (Fsp3) is 0.375. The zero-order valence-corrected chi connectivity index (χ0v) is 12.2. The van der Waals surface area contributed by atoms with Crippen molar-refractivity contribution in [1.29, 1.82) is 0 Å². The van der Waals surface area contributed by atoms with Crippen LogP contribution in [0.5, 0.6) is 0 Å². The lowest BCUT2D eigenvalue weighted by Crippen LogP contribution is -2.33.